The molecule has 17 heteroatoms. The highest BCUT2D eigenvalue weighted by atomic mass is 79.9. The molecule has 4 amide bonds. The summed E-state index contributed by atoms with van der Waals surface area (Å²) in [6.45, 7) is 4.45. The number of hydrogen-bond donors (Lipinski definition) is 3. The number of carbonyl (C=O) groups excluding carboxylic acids is 3. The third kappa shape index (κ3) is 8.82. The number of fused-ring (bicyclic) bond motifs is 1. The molecule has 0 radical (unpaired) electrons. The van der Waals surface area contributed by atoms with Crippen molar-refractivity contribution in [2.45, 2.75) is 56.7 Å². The Kier molecular flexibility index (Phi) is 12.1. The summed E-state index contributed by atoms with van der Waals surface area (Å²) < 4.78 is 35.2. The minimum atomic E-state index is -3.45. The summed E-state index contributed by atoms with van der Waals surface area (Å²) in [6.07, 6.45) is 1.82. The smallest absolute Gasteiger partial charge is 0.410 e. The summed E-state index contributed by atoms with van der Waals surface area (Å²) in [5, 5.41) is 13.3. The lowest BCUT2D eigenvalue weighted by atomic mass is 10.0. The maximum atomic E-state index is 14.1. The average Bonchev–Trinajstić information content (AvgIpc) is 3.31. The highest BCUT2D eigenvalue weighted by Gasteiger charge is 2.37. The van der Waals surface area contributed by atoms with E-state index in [1.807, 2.05) is 29.2 Å². The molecular formula is C34H45Br2N7O7S. The number of para-hydroxylation sites is 1. The molecule has 3 fully saturated rings. The first-order chi connectivity index (χ1) is 24.4. The first kappa shape index (κ1) is 37.8. The Hall–Kier alpha value is -2.96. The molecule has 6 rings (SSSR count). The second kappa shape index (κ2) is 16.4. The quantitative estimate of drug-likeness (QED) is 0.364. The molecule has 2 aromatic carbocycles. The van der Waals surface area contributed by atoms with Crippen LogP contribution in [-0.4, -0.2) is 140 Å². The van der Waals surface area contributed by atoms with E-state index in [1.165, 1.54) is 11.4 Å². The Balaban J connectivity index is 1.07. The summed E-state index contributed by atoms with van der Waals surface area (Å²) in [7, 11) is -2.03. The summed E-state index contributed by atoms with van der Waals surface area (Å²) >= 11 is 6.73. The third-order valence-corrected chi connectivity index (χ3v) is 13.3. The molecule has 0 saturated carbocycles. The highest BCUT2D eigenvalue weighted by molar-refractivity contribution is 9.11. The van der Waals surface area contributed by atoms with Crippen LogP contribution in [0, 0.1) is 0 Å². The lowest BCUT2D eigenvalue weighted by Crippen LogP contribution is -2.57. The van der Waals surface area contributed by atoms with Gasteiger partial charge >= 0.3 is 12.1 Å². The van der Waals surface area contributed by atoms with Gasteiger partial charge in [-0.15, -0.1) is 0 Å². The monoisotopic (exact) mass is 853 g/mol. The number of likely N-dealkylation sites (tertiary alicyclic amines) is 1. The van der Waals surface area contributed by atoms with E-state index in [2.05, 4.69) is 46.8 Å². The zero-order valence-electron chi connectivity index (χ0n) is 28.6. The number of aromatic hydroxyl groups is 1. The number of amides is 4. The number of rotatable bonds is 8. The van der Waals surface area contributed by atoms with Crippen LogP contribution in [0.5, 0.6) is 5.75 Å². The Bertz CT molecular complexity index is 1690. The molecule has 4 heterocycles. The Labute approximate surface area is 315 Å². The van der Waals surface area contributed by atoms with Crippen molar-refractivity contribution in [2.24, 2.45) is 0 Å². The zero-order valence-corrected chi connectivity index (χ0v) is 32.6. The third-order valence-electron chi connectivity index (χ3n) is 10.5. The van der Waals surface area contributed by atoms with Crippen molar-refractivity contribution in [3.8, 4) is 5.75 Å². The summed E-state index contributed by atoms with van der Waals surface area (Å²) in [5.41, 5.74) is 2.63. The van der Waals surface area contributed by atoms with Crippen LogP contribution in [-0.2, 0) is 32.6 Å². The fourth-order valence-corrected chi connectivity index (χ4v) is 9.74. The van der Waals surface area contributed by atoms with E-state index in [0.29, 0.717) is 99.1 Å². The average molecular weight is 856 g/mol. The standard InChI is InChI=1S/C34H45Br2N7O7S/c1-37-51(48,49)42-13-9-25(10-14-42)39-16-18-40(19-17-39)32(45)30(22-23-20-27(35)31(44)28(36)21-23)50-34(47)41-11-7-26(8-12-41)43-15-6-24-4-2-3-5-29(24)38-33(43)46/h2-5,20-21,25-26,30,37,44H,6-19,22H2,1H3,(H,38,46)/t30-/m1/s1. The van der Waals surface area contributed by atoms with Gasteiger partial charge in [-0.1, -0.05) is 18.2 Å². The molecular weight excluding hydrogens is 810 g/mol. The number of halogens is 2. The van der Waals surface area contributed by atoms with Crippen molar-refractivity contribution in [1.29, 1.82) is 0 Å². The molecule has 3 saturated heterocycles. The van der Waals surface area contributed by atoms with Gasteiger partial charge in [0.1, 0.15) is 5.75 Å². The maximum absolute atomic E-state index is 14.1. The van der Waals surface area contributed by atoms with Crippen LogP contribution in [0.25, 0.3) is 0 Å². The van der Waals surface area contributed by atoms with Crippen molar-refractivity contribution in [2.75, 3.05) is 71.3 Å². The summed E-state index contributed by atoms with van der Waals surface area (Å²) in [4.78, 5) is 48.3. The number of piperazine rings is 1. The summed E-state index contributed by atoms with van der Waals surface area (Å²) in [5.74, 6) is -0.247. The Morgan fingerprint density at radius 2 is 1.55 bits per heavy atom. The molecule has 0 bridgehead atoms. The molecule has 0 aromatic heterocycles. The molecule has 278 valence electrons. The van der Waals surface area contributed by atoms with Crippen LogP contribution in [0.1, 0.15) is 36.8 Å². The van der Waals surface area contributed by atoms with Gasteiger partial charge in [0.05, 0.1) is 8.95 Å². The topological polar surface area (TPSA) is 155 Å². The van der Waals surface area contributed by atoms with Gasteiger partial charge in [-0.3, -0.25) is 9.69 Å². The van der Waals surface area contributed by atoms with Crippen LogP contribution >= 0.6 is 31.9 Å². The number of carbonyl (C=O) groups is 3. The molecule has 4 aliphatic heterocycles. The Morgan fingerprint density at radius 3 is 2.20 bits per heavy atom. The van der Waals surface area contributed by atoms with Gasteiger partial charge in [-0.25, -0.2) is 14.3 Å². The van der Waals surface area contributed by atoms with Crippen LogP contribution in [0.4, 0.5) is 15.3 Å². The number of benzene rings is 2. The first-order valence-corrected chi connectivity index (χ1v) is 20.5. The predicted molar refractivity (Wildman–Crippen MR) is 199 cm³/mol. The number of anilines is 1. The van der Waals surface area contributed by atoms with E-state index >= 15 is 0 Å². The van der Waals surface area contributed by atoms with E-state index < -0.39 is 22.4 Å². The van der Waals surface area contributed by atoms with E-state index in [-0.39, 0.29) is 36.2 Å². The van der Waals surface area contributed by atoms with E-state index in [1.54, 1.807) is 21.9 Å². The zero-order chi connectivity index (χ0) is 36.3. The Morgan fingerprint density at radius 1 is 0.922 bits per heavy atom. The second-order valence-corrected chi connectivity index (χ2v) is 17.0. The van der Waals surface area contributed by atoms with Gasteiger partial charge in [-0.05, 0) is 93.3 Å². The molecule has 4 aliphatic rings. The first-order valence-electron chi connectivity index (χ1n) is 17.4. The molecule has 2 aromatic rings. The number of nitrogens with one attached hydrogen (secondary N) is 2. The largest absolute Gasteiger partial charge is 0.506 e. The van der Waals surface area contributed by atoms with Gasteiger partial charge < -0.3 is 29.9 Å². The number of piperidine rings is 2. The van der Waals surface area contributed by atoms with Crippen LogP contribution < -0.4 is 10.0 Å². The minimum Gasteiger partial charge on any atom is -0.506 e. The fourth-order valence-electron chi connectivity index (χ4n) is 7.51. The molecule has 3 N–H and O–H groups in total. The van der Waals surface area contributed by atoms with Gasteiger partial charge in [0.15, 0.2) is 6.10 Å². The number of urea groups is 1. The number of hydrogen-bond acceptors (Lipinski definition) is 8. The van der Waals surface area contributed by atoms with E-state index in [9.17, 15) is 27.9 Å². The van der Waals surface area contributed by atoms with E-state index in [0.717, 1.165) is 17.7 Å². The van der Waals surface area contributed by atoms with Gasteiger partial charge in [0.25, 0.3) is 16.1 Å². The van der Waals surface area contributed by atoms with Crippen molar-refractivity contribution in [1.82, 2.24) is 28.6 Å². The molecule has 0 spiro atoms. The molecule has 51 heavy (non-hydrogen) atoms. The minimum absolute atomic E-state index is 0.0243. The van der Waals surface area contributed by atoms with E-state index in [4.69, 9.17) is 4.74 Å². The van der Waals surface area contributed by atoms with Crippen molar-refractivity contribution < 1.29 is 32.6 Å². The number of nitrogens with zero attached hydrogens (tertiary/aromatic N) is 5. The summed E-state index contributed by atoms with van der Waals surface area (Å²) in [6, 6.07) is 11.3. The number of phenolic OH excluding ortho intramolecular Hbond substituents is 1. The van der Waals surface area contributed by atoms with Crippen LogP contribution in [0.15, 0.2) is 45.3 Å². The van der Waals surface area contributed by atoms with Crippen LogP contribution in [0.2, 0.25) is 0 Å². The molecule has 14 nitrogen and oxygen atoms in total. The normalized spacial score (nSPS) is 20.8. The van der Waals surface area contributed by atoms with Crippen LogP contribution in [0.3, 0.4) is 0 Å². The van der Waals surface area contributed by atoms with Gasteiger partial charge in [0.2, 0.25) is 0 Å². The molecule has 0 aliphatic carbocycles. The van der Waals surface area contributed by atoms with Crippen molar-refractivity contribution >= 4 is 65.8 Å². The van der Waals surface area contributed by atoms with Crippen molar-refractivity contribution in [3.63, 3.8) is 0 Å². The SMILES string of the molecule is CNS(=O)(=O)N1CCC(N2CCN(C(=O)[C@@H](Cc3cc(Br)c(O)c(Br)c3)OC(=O)N3CCC(N4CCc5ccccc5NC4=O)CC3)CC2)CC1. The predicted octanol–water partition coefficient (Wildman–Crippen LogP) is 3.59. The van der Waals surface area contributed by atoms with Crippen molar-refractivity contribution in [3.05, 3.63) is 56.5 Å². The second-order valence-electron chi connectivity index (χ2n) is 13.4. The lowest BCUT2D eigenvalue weighted by molar-refractivity contribution is -0.143. The van der Waals surface area contributed by atoms with Gasteiger partial charge in [0, 0.05) is 90.1 Å². The lowest BCUT2D eigenvalue weighted by Gasteiger charge is -2.43. The maximum Gasteiger partial charge on any atom is 0.410 e. The fraction of sp³-hybridized carbons (Fsp3) is 0.559. The number of ether oxygens (including phenoxy) is 1. The highest BCUT2D eigenvalue weighted by Crippen LogP contribution is 2.34. The molecule has 0 unspecified atom stereocenters. The molecule has 1 atom stereocenters. The van der Waals surface area contributed by atoms with Gasteiger partial charge in [-0.2, -0.15) is 12.7 Å². The number of phenols is 1.